The van der Waals surface area contributed by atoms with E-state index >= 15 is 0 Å². The van der Waals surface area contributed by atoms with E-state index in [1.165, 1.54) is 0 Å². The van der Waals surface area contributed by atoms with Crippen LogP contribution in [0.5, 0.6) is 0 Å². The summed E-state index contributed by atoms with van der Waals surface area (Å²) in [6.45, 7) is 0. The van der Waals surface area contributed by atoms with Crippen LogP contribution in [0, 0.1) is 0 Å². The molecule has 0 N–H and O–H groups in total. The summed E-state index contributed by atoms with van der Waals surface area (Å²) in [7, 11) is 0. The second kappa shape index (κ2) is 6.05. The smallest absolute Gasteiger partial charge is 0.135 e. The van der Waals surface area contributed by atoms with Crippen molar-refractivity contribution < 1.29 is 4.42 Å². The Morgan fingerprint density at radius 2 is 1.23 bits per heavy atom. The number of benzene rings is 4. The van der Waals surface area contributed by atoms with Gasteiger partial charge in [-0.1, -0.05) is 84.4 Å². The van der Waals surface area contributed by atoms with Crippen LogP contribution < -0.4 is 0 Å². The molecule has 1 nitrogen and oxygen atoms in total. The minimum absolute atomic E-state index is 0.769. The lowest BCUT2D eigenvalue weighted by atomic mass is 9.97. The Balaban J connectivity index is 1.72. The van der Waals surface area contributed by atoms with Crippen LogP contribution in [0.3, 0.4) is 0 Å². The number of hydrogen-bond donors (Lipinski definition) is 0. The minimum Gasteiger partial charge on any atom is -0.456 e. The van der Waals surface area contributed by atoms with Gasteiger partial charge in [-0.05, 0) is 29.3 Å². The molecule has 0 atom stereocenters. The highest BCUT2D eigenvalue weighted by atomic mass is 35.5. The van der Waals surface area contributed by atoms with Crippen molar-refractivity contribution in [2.24, 2.45) is 0 Å². The number of hydrogen-bond acceptors (Lipinski definition) is 1. The van der Waals surface area contributed by atoms with Crippen molar-refractivity contribution in [2.75, 3.05) is 0 Å². The van der Waals surface area contributed by atoms with E-state index in [0.29, 0.717) is 0 Å². The molecule has 26 heavy (non-hydrogen) atoms. The van der Waals surface area contributed by atoms with Crippen molar-refractivity contribution in [3.8, 4) is 22.3 Å². The van der Waals surface area contributed by atoms with Crippen LogP contribution in [0.15, 0.2) is 95.4 Å². The van der Waals surface area contributed by atoms with E-state index in [2.05, 4.69) is 48.5 Å². The number of rotatable bonds is 2. The highest BCUT2D eigenvalue weighted by Gasteiger charge is 2.12. The summed E-state index contributed by atoms with van der Waals surface area (Å²) >= 11 is 6.80. The molecule has 0 amide bonds. The molecule has 0 bridgehead atoms. The van der Waals surface area contributed by atoms with Crippen LogP contribution in [-0.4, -0.2) is 0 Å². The van der Waals surface area contributed by atoms with E-state index in [1.54, 1.807) is 0 Å². The van der Waals surface area contributed by atoms with E-state index in [-0.39, 0.29) is 0 Å². The molecule has 0 saturated carbocycles. The molecule has 0 saturated heterocycles. The first-order valence-corrected chi connectivity index (χ1v) is 8.95. The minimum atomic E-state index is 0.769. The molecule has 0 aliphatic rings. The maximum atomic E-state index is 6.80. The first-order chi connectivity index (χ1) is 12.8. The van der Waals surface area contributed by atoms with Crippen molar-refractivity contribution >= 4 is 33.5 Å². The molecule has 2 heteroatoms. The molecule has 124 valence electrons. The van der Waals surface area contributed by atoms with E-state index in [0.717, 1.165) is 49.2 Å². The van der Waals surface area contributed by atoms with Crippen molar-refractivity contribution in [3.63, 3.8) is 0 Å². The van der Waals surface area contributed by atoms with Crippen LogP contribution in [0.2, 0.25) is 5.02 Å². The largest absolute Gasteiger partial charge is 0.456 e. The molecule has 0 fully saturated rings. The molecular weight excluding hydrogens is 340 g/mol. The molecule has 4 aromatic carbocycles. The van der Waals surface area contributed by atoms with Crippen molar-refractivity contribution in [1.82, 2.24) is 0 Å². The van der Waals surface area contributed by atoms with E-state index < -0.39 is 0 Å². The van der Waals surface area contributed by atoms with Gasteiger partial charge in [0.25, 0.3) is 0 Å². The molecule has 1 heterocycles. The van der Waals surface area contributed by atoms with Gasteiger partial charge in [-0.25, -0.2) is 0 Å². The lowest BCUT2D eigenvalue weighted by molar-refractivity contribution is 0.669. The molecule has 5 aromatic rings. The van der Waals surface area contributed by atoms with Crippen molar-refractivity contribution in [2.45, 2.75) is 0 Å². The molecule has 0 unspecified atom stereocenters. The van der Waals surface area contributed by atoms with Crippen molar-refractivity contribution in [3.05, 3.63) is 96.0 Å². The normalized spacial score (nSPS) is 11.3. The van der Waals surface area contributed by atoms with E-state index in [4.69, 9.17) is 16.0 Å². The van der Waals surface area contributed by atoms with Crippen LogP contribution in [0.4, 0.5) is 0 Å². The third-order valence-corrected chi connectivity index (χ3v) is 5.18. The summed E-state index contributed by atoms with van der Waals surface area (Å²) in [6.07, 6.45) is 0. The summed E-state index contributed by atoms with van der Waals surface area (Å²) in [5.74, 6) is 0. The second-order valence-corrected chi connectivity index (χ2v) is 6.72. The van der Waals surface area contributed by atoms with Gasteiger partial charge in [0.05, 0.1) is 5.02 Å². The van der Waals surface area contributed by atoms with Crippen LogP contribution >= 0.6 is 11.6 Å². The standard InChI is InChI=1S/C24H15ClO/c25-24-18(16-7-2-1-3-8-16)10-6-11-19(24)17-13-14-23-21(15-17)20-9-4-5-12-22(20)26-23/h1-15H. The van der Waals surface area contributed by atoms with Gasteiger partial charge in [0.2, 0.25) is 0 Å². The summed E-state index contributed by atoms with van der Waals surface area (Å²) in [6, 6.07) is 30.8. The predicted octanol–water partition coefficient (Wildman–Crippen LogP) is 7.57. The summed E-state index contributed by atoms with van der Waals surface area (Å²) in [4.78, 5) is 0. The highest BCUT2D eigenvalue weighted by Crippen LogP contribution is 2.38. The lowest BCUT2D eigenvalue weighted by Gasteiger charge is -2.10. The van der Waals surface area contributed by atoms with Gasteiger partial charge in [-0.2, -0.15) is 0 Å². The maximum absolute atomic E-state index is 6.80. The fourth-order valence-electron chi connectivity index (χ4n) is 3.49. The highest BCUT2D eigenvalue weighted by molar-refractivity contribution is 6.36. The van der Waals surface area contributed by atoms with E-state index in [1.807, 2.05) is 42.5 Å². The third kappa shape index (κ3) is 2.40. The molecule has 0 aliphatic heterocycles. The van der Waals surface area contributed by atoms with Crippen LogP contribution in [0.25, 0.3) is 44.2 Å². The van der Waals surface area contributed by atoms with Gasteiger partial charge in [0.1, 0.15) is 11.2 Å². The molecule has 0 spiro atoms. The number of para-hydroxylation sites is 1. The summed E-state index contributed by atoms with van der Waals surface area (Å²) in [5, 5.41) is 3.00. The molecular formula is C24H15ClO. The fourth-order valence-corrected chi connectivity index (χ4v) is 3.83. The number of fused-ring (bicyclic) bond motifs is 3. The van der Waals surface area contributed by atoms with Gasteiger partial charge in [-0.3, -0.25) is 0 Å². The zero-order valence-corrected chi connectivity index (χ0v) is 14.7. The zero-order chi connectivity index (χ0) is 17.5. The Kier molecular flexibility index (Phi) is 3.55. The molecule has 1 aromatic heterocycles. The Morgan fingerprint density at radius 1 is 0.538 bits per heavy atom. The van der Waals surface area contributed by atoms with Gasteiger partial charge in [0.15, 0.2) is 0 Å². The monoisotopic (exact) mass is 354 g/mol. The maximum Gasteiger partial charge on any atom is 0.135 e. The summed E-state index contributed by atoms with van der Waals surface area (Å²) < 4.78 is 5.93. The van der Waals surface area contributed by atoms with Gasteiger partial charge in [-0.15, -0.1) is 0 Å². The predicted molar refractivity (Wildman–Crippen MR) is 110 cm³/mol. The quantitative estimate of drug-likeness (QED) is 0.318. The van der Waals surface area contributed by atoms with Gasteiger partial charge >= 0.3 is 0 Å². The Bertz CT molecular complexity index is 1240. The Hall–Kier alpha value is -3.03. The second-order valence-electron chi connectivity index (χ2n) is 6.34. The van der Waals surface area contributed by atoms with Gasteiger partial charge in [0, 0.05) is 21.9 Å². The first kappa shape index (κ1) is 15.2. The molecule has 0 aliphatic carbocycles. The lowest BCUT2D eigenvalue weighted by Crippen LogP contribution is -1.84. The SMILES string of the molecule is Clc1c(-c2ccccc2)cccc1-c1ccc2oc3ccccc3c2c1. The van der Waals surface area contributed by atoms with E-state index in [9.17, 15) is 0 Å². The summed E-state index contributed by atoms with van der Waals surface area (Å²) in [5.41, 5.74) is 6.08. The molecule has 5 rings (SSSR count). The topological polar surface area (TPSA) is 13.1 Å². The average Bonchev–Trinajstić information content (AvgIpc) is 3.07. The molecule has 0 radical (unpaired) electrons. The van der Waals surface area contributed by atoms with Crippen LogP contribution in [0.1, 0.15) is 0 Å². The van der Waals surface area contributed by atoms with Crippen molar-refractivity contribution in [1.29, 1.82) is 0 Å². The third-order valence-electron chi connectivity index (χ3n) is 4.77. The van der Waals surface area contributed by atoms with Gasteiger partial charge < -0.3 is 4.42 Å². The van der Waals surface area contributed by atoms with Crippen LogP contribution in [-0.2, 0) is 0 Å². The average molecular weight is 355 g/mol. The number of halogens is 1. The Morgan fingerprint density at radius 3 is 2.08 bits per heavy atom. The zero-order valence-electron chi connectivity index (χ0n) is 13.9. The Labute approximate surface area is 156 Å². The number of furan rings is 1. The first-order valence-electron chi connectivity index (χ1n) is 8.57. The fraction of sp³-hybridized carbons (Fsp3) is 0.